The predicted molar refractivity (Wildman–Crippen MR) is 79.3 cm³/mol. The minimum Gasteiger partial charge on any atom is -0.495 e. The van der Waals surface area contributed by atoms with Crippen molar-refractivity contribution in [2.24, 2.45) is 0 Å². The van der Waals surface area contributed by atoms with E-state index < -0.39 is 4.92 Å². The Kier molecular flexibility index (Phi) is 4.04. The quantitative estimate of drug-likeness (QED) is 0.655. The van der Waals surface area contributed by atoms with E-state index in [4.69, 9.17) is 10.5 Å². The highest BCUT2D eigenvalue weighted by Crippen LogP contribution is 2.30. The number of ether oxygens (including phenoxy) is 1. The van der Waals surface area contributed by atoms with Crippen molar-refractivity contribution >= 4 is 38.9 Å². The highest BCUT2D eigenvalue weighted by molar-refractivity contribution is 9.10. The summed E-state index contributed by atoms with van der Waals surface area (Å²) in [7, 11) is 1.55. The van der Waals surface area contributed by atoms with Gasteiger partial charge >= 0.3 is 0 Å². The molecule has 1 aromatic carbocycles. The molecule has 2 aromatic rings. The molecule has 0 fully saturated rings. The Labute approximate surface area is 123 Å². The van der Waals surface area contributed by atoms with Crippen molar-refractivity contribution in [3.63, 3.8) is 0 Å². The zero-order valence-electron chi connectivity index (χ0n) is 10.5. The van der Waals surface area contributed by atoms with Crippen LogP contribution in [0.5, 0.6) is 5.75 Å². The fourth-order valence-electron chi connectivity index (χ4n) is 1.59. The van der Waals surface area contributed by atoms with Crippen molar-refractivity contribution in [3.8, 4) is 5.75 Å². The molecule has 1 aromatic heterocycles. The third kappa shape index (κ3) is 3.15. The first-order chi connectivity index (χ1) is 9.49. The van der Waals surface area contributed by atoms with Gasteiger partial charge in [-0.15, -0.1) is 0 Å². The monoisotopic (exact) mass is 338 g/mol. The number of benzene rings is 1. The molecule has 0 bridgehead atoms. The number of rotatable bonds is 4. The number of hydrogen-bond donors (Lipinski definition) is 2. The van der Waals surface area contributed by atoms with Crippen LogP contribution in [0.2, 0.25) is 0 Å². The van der Waals surface area contributed by atoms with E-state index in [-0.39, 0.29) is 11.5 Å². The summed E-state index contributed by atoms with van der Waals surface area (Å²) in [6.07, 6.45) is 0. The molecule has 20 heavy (non-hydrogen) atoms. The maximum Gasteiger partial charge on any atom is 0.276 e. The molecule has 0 aliphatic rings. The molecule has 0 atom stereocenters. The van der Waals surface area contributed by atoms with Gasteiger partial charge < -0.3 is 15.8 Å². The number of methoxy groups -OCH3 is 1. The van der Waals surface area contributed by atoms with Gasteiger partial charge in [0.1, 0.15) is 17.4 Å². The molecule has 104 valence electrons. The lowest BCUT2D eigenvalue weighted by molar-refractivity contribution is -0.384. The number of hydrogen-bond acceptors (Lipinski definition) is 6. The lowest BCUT2D eigenvalue weighted by Gasteiger charge is -2.09. The molecule has 0 saturated heterocycles. The van der Waals surface area contributed by atoms with Gasteiger partial charge in [0.15, 0.2) is 0 Å². The SMILES string of the molecule is COc1cc(Nc2cc([N+](=O)[O-])cc(N)n2)ccc1Br. The lowest BCUT2D eigenvalue weighted by atomic mass is 10.3. The smallest absolute Gasteiger partial charge is 0.276 e. The third-order valence-corrected chi connectivity index (χ3v) is 3.12. The molecule has 1 heterocycles. The van der Waals surface area contributed by atoms with Crippen LogP contribution < -0.4 is 15.8 Å². The molecular weight excluding hydrogens is 328 g/mol. The van der Waals surface area contributed by atoms with Crippen molar-refractivity contribution in [2.45, 2.75) is 0 Å². The first kappa shape index (κ1) is 14.1. The normalized spacial score (nSPS) is 10.1. The first-order valence-corrected chi connectivity index (χ1v) is 6.31. The Bertz CT molecular complexity index is 663. The molecule has 0 amide bonds. The van der Waals surface area contributed by atoms with Gasteiger partial charge in [-0.05, 0) is 28.1 Å². The van der Waals surface area contributed by atoms with E-state index in [1.807, 2.05) is 0 Å². The van der Waals surface area contributed by atoms with Gasteiger partial charge in [0.2, 0.25) is 0 Å². The number of nitrogens with one attached hydrogen (secondary N) is 1. The summed E-state index contributed by atoms with van der Waals surface area (Å²) in [5, 5.41) is 13.7. The average Bonchev–Trinajstić information content (AvgIpc) is 2.40. The second-order valence-electron chi connectivity index (χ2n) is 3.87. The lowest BCUT2D eigenvalue weighted by Crippen LogP contribution is -2.00. The maximum absolute atomic E-state index is 10.8. The standard InChI is InChI=1S/C12H11BrN4O3/c1-20-10-4-7(2-3-9(10)13)15-12-6-8(17(18)19)5-11(14)16-12/h2-6H,1H3,(H3,14,15,16). The predicted octanol–water partition coefficient (Wildman–Crippen LogP) is 3.09. The van der Waals surface area contributed by atoms with E-state index in [2.05, 4.69) is 26.2 Å². The summed E-state index contributed by atoms with van der Waals surface area (Å²) in [6, 6.07) is 7.82. The average molecular weight is 339 g/mol. The zero-order valence-corrected chi connectivity index (χ0v) is 12.0. The first-order valence-electron chi connectivity index (χ1n) is 5.52. The van der Waals surface area contributed by atoms with Gasteiger partial charge in [-0.1, -0.05) is 0 Å². The van der Waals surface area contributed by atoms with Crippen LogP contribution in [0.1, 0.15) is 0 Å². The van der Waals surface area contributed by atoms with E-state index in [0.29, 0.717) is 17.3 Å². The summed E-state index contributed by atoms with van der Waals surface area (Å²) in [5.41, 5.74) is 6.10. The molecule has 0 aliphatic carbocycles. The van der Waals surface area contributed by atoms with Crippen LogP contribution in [0.25, 0.3) is 0 Å². The van der Waals surface area contributed by atoms with E-state index in [1.54, 1.807) is 25.3 Å². The fraction of sp³-hybridized carbons (Fsp3) is 0.0833. The number of nitrogens with two attached hydrogens (primary N) is 1. The topological polar surface area (TPSA) is 103 Å². The molecule has 0 saturated carbocycles. The van der Waals surface area contributed by atoms with E-state index in [0.717, 1.165) is 4.47 Å². The Morgan fingerprint density at radius 2 is 2.15 bits per heavy atom. The van der Waals surface area contributed by atoms with Gasteiger partial charge in [-0.3, -0.25) is 10.1 Å². The van der Waals surface area contributed by atoms with Crippen LogP contribution in [-0.4, -0.2) is 17.0 Å². The van der Waals surface area contributed by atoms with Crippen LogP contribution in [0.3, 0.4) is 0 Å². The Morgan fingerprint density at radius 3 is 2.80 bits per heavy atom. The van der Waals surface area contributed by atoms with Crippen LogP contribution in [0.4, 0.5) is 23.0 Å². The molecule has 0 radical (unpaired) electrons. The number of nitrogen functional groups attached to an aromatic ring is 1. The number of nitro groups is 1. The van der Waals surface area contributed by atoms with Crippen molar-refractivity contribution in [2.75, 3.05) is 18.2 Å². The molecule has 0 spiro atoms. The molecule has 0 unspecified atom stereocenters. The highest BCUT2D eigenvalue weighted by atomic mass is 79.9. The zero-order chi connectivity index (χ0) is 14.7. The number of nitrogens with zero attached hydrogens (tertiary/aromatic N) is 2. The summed E-state index contributed by atoms with van der Waals surface area (Å²) >= 11 is 3.34. The fourth-order valence-corrected chi connectivity index (χ4v) is 2.00. The molecule has 2 rings (SSSR count). The van der Waals surface area contributed by atoms with Crippen molar-refractivity contribution in [3.05, 3.63) is 44.9 Å². The van der Waals surface area contributed by atoms with Crippen molar-refractivity contribution in [1.82, 2.24) is 4.98 Å². The largest absolute Gasteiger partial charge is 0.495 e. The van der Waals surface area contributed by atoms with Gasteiger partial charge in [0, 0.05) is 11.8 Å². The second kappa shape index (κ2) is 5.74. The molecule has 8 heteroatoms. The summed E-state index contributed by atoms with van der Waals surface area (Å²) in [5.74, 6) is 1.00. The van der Waals surface area contributed by atoms with E-state index >= 15 is 0 Å². The molecular formula is C12H11BrN4O3. The highest BCUT2D eigenvalue weighted by Gasteiger charge is 2.10. The molecule has 7 nitrogen and oxygen atoms in total. The van der Waals surface area contributed by atoms with Gasteiger partial charge in [-0.25, -0.2) is 4.98 Å². The summed E-state index contributed by atoms with van der Waals surface area (Å²) < 4.78 is 5.97. The Morgan fingerprint density at radius 1 is 1.40 bits per heavy atom. The number of anilines is 3. The van der Waals surface area contributed by atoms with Crippen molar-refractivity contribution < 1.29 is 9.66 Å². The Hall–Kier alpha value is -2.35. The number of aromatic nitrogens is 1. The van der Waals surface area contributed by atoms with Crippen LogP contribution in [-0.2, 0) is 0 Å². The Balaban J connectivity index is 2.32. The van der Waals surface area contributed by atoms with E-state index in [1.165, 1.54) is 12.1 Å². The summed E-state index contributed by atoms with van der Waals surface area (Å²) in [6.45, 7) is 0. The summed E-state index contributed by atoms with van der Waals surface area (Å²) in [4.78, 5) is 14.2. The minimum absolute atomic E-state index is 0.0748. The molecule has 3 N–H and O–H groups in total. The van der Waals surface area contributed by atoms with Gasteiger partial charge in [0.05, 0.1) is 28.6 Å². The maximum atomic E-state index is 10.8. The number of pyridine rings is 1. The second-order valence-corrected chi connectivity index (χ2v) is 4.72. The van der Waals surface area contributed by atoms with E-state index in [9.17, 15) is 10.1 Å². The van der Waals surface area contributed by atoms with Crippen LogP contribution >= 0.6 is 15.9 Å². The van der Waals surface area contributed by atoms with Crippen LogP contribution in [0.15, 0.2) is 34.8 Å². The van der Waals surface area contributed by atoms with Crippen LogP contribution in [0, 0.1) is 10.1 Å². The minimum atomic E-state index is -0.522. The number of halogens is 1. The van der Waals surface area contributed by atoms with Crippen molar-refractivity contribution in [1.29, 1.82) is 0 Å². The van der Waals surface area contributed by atoms with Gasteiger partial charge in [0.25, 0.3) is 5.69 Å². The third-order valence-electron chi connectivity index (χ3n) is 2.46. The molecule has 0 aliphatic heterocycles. The van der Waals surface area contributed by atoms with Gasteiger partial charge in [-0.2, -0.15) is 0 Å².